The van der Waals surface area contributed by atoms with E-state index in [0.717, 1.165) is 0 Å². The highest BCUT2D eigenvalue weighted by molar-refractivity contribution is 6.30. The monoisotopic (exact) mass is 254 g/mol. The number of hydrogen-bond donors (Lipinski definition) is 2. The second-order valence-electron chi connectivity index (χ2n) is 4.51. The van der Waals surface area contributed by atoms with Crippen LogP contribution in [0.3, 0.4) is 0 Å². The van der Waals surface area contributed by atoms with Gasteiger partial charge in [0.15, 0.2) is 23.1 Å². The fourth-order valence-electron chi connectivity index (χ4n) is 2.43. The van der Waals surface area contributed by atoms with Crippen LogP contribution >= 0.6 is 0 Å². The van der Waals surface area contributed by atoms with E-state index in [1.54, 1.807) is 25.1 Å². The van der Waals surface area contributed by atoms with Crippen molar-refractivity contribution in [1.29, 1.82) is 0 Å². The summed E-state index contributed by atoms with van der Waals surface area (Å²) in [7, 11) is 0. The van der Waals surface area contributed by atoms with Crippen molar-refractivity contribution in [1.82, 2.24) is 0 Å². The highest BCUT2D eigenvalue weighted by Gasteiger charge is 2.33. The summed E-state index contributed by atoms with van der Waals surface area (Å²) >= 11 is 0. The number of rotatable bonds is 0. The van der Waals surface area contributed by atoms with Gasteiger partial charge in [0.25, 0.3) is 0 Å². The fourth-order valence-corrected chi connectivity index (χ4v) is 2.43. The Kier molecular flexibility index (Phi) is 2.22. The summed E-state index contributed by atoms with van der Waals surface area (Å²) < 4.78 is 0. The summed E-state index contributed by atoms with van der Waals surface area (Å²) in [5.74, 6) is -1.69. The van der Waals surface area contributed by atoms with Crippen molar-refractivity contribution in [3.8, 4) is 11.5 Å². The van der Waals surface area contributed by atoms with Gasteiger partial charge in [0, 0.05) is 16.7 Å². The largest absolute Gasteiger partial charge is 0.504 e. The van der Waals surface area contributed by atoms with Crippen molar-refractivity contribution in [3.63, 3.8) is 0 Å². The Balaban J connectivity index is 2.40. The van der Waals surface area contributed by atoms with Gasteiger partial charge >= 0.3 is 0 Å². The van der Waals surface area contributed by atoms with Gasteiger partial charge in [0.2, 0.25) is 0 Å². The first-order valence-electron chi connectivity index (χ1n) is 5.76. The number of aromatic hydroxyl groups is 2. The lowest BCUT2D eigenvalue weighted by Gasteiger charge is -2.20. The molecule has 0 heterocycles. The molecule has 0 spiro atoms. The van der Waals surface area contributed by atoms with Crippen molar-refractivity contribution >= 4 is 11.6 Å². The molecule has 0 bridgehead atoms. The Bertz CT molecular complexity index is 744. The number of ketones is 2. The number of aryl methyl sites for hydroxylation is 1. The lowest BCUT2D eigenvalue weighted by molar-refractivity contribution is 0.0975. The van der Waals surface area contributed by atoms with E-state index >= 15 is 0 Å². The highest BCUT2D eigenvalue weighted by atomic mass is 16.3. The van der Waals surface area contributed by atoms with Gasteiger partial charge in [-0.3, -0.25) is 9.59 Å². The number of carbonyl (C=O) groups is 2. The maximum absolute atomic E-state index is 12.4. The number of benzene rings is 2. The molecule has 0 unspecified atom stereocenters. The van der Waals surface area contributed by atoms with Gasteiger partial charge in [0.05, 0.1) is 5.56 Å². The molecule has 4 heteroatoms. The number of phenolic OH excluding ortho intramolecular Hbond substituents is 2. The Labute approximate surface area is 108 Å². The van der Waals surface area contributed by atoms with Gasteiger partial charge in [-0.25, -0.2) is 0 Å². The molecule has 2 aromatic rings. The molecule has 0 saturated carbocycles. The summed E-state index contributed by atoms with van der Waals surface area (Å²) in [4.78, 5) is 24.7. The molecule has 19 heavy (non-hydrogen) atoms. The molecule has 4 nitrogen and oxygen atoms in total. The van der Waals surface area contributed by atoms with E-state index in [0.29, 0.717) is 16.7 Å². The SMILES string of the molecule is Cc1cccc2c1C(=O)c1c(ccc(O)c1O)C2=O. The third kappa shape index (κ3) is 1.40. The second kappa shape index (κ2) is 3.68. The first-order chi connectivity index (χ1) is 9.02. The second-order valence-corrected chi connectivity index (χ2v) is 4.51. The van der Waals surface area contributed by atoms with Gasteiger partial charge in [-0.2, -0.15) is 0 Å². The van der Waals surface area contributed by atoms with Gasteiger partial charge < -0.3 is 10.2 Å². The molecule has 0 aromatic heterocycles. The molecule has 3 rings (SSSR count). The standard InChI is InChI=1S/C15H10O4/c1-7-3-2-4-8-11(7)15(19)12-9(13(8)17)5-6-10(16)14(12)18/h2-6,16,18H,1H3. The third-order valence-corrected chi connectivity index (χ3v) is 3.37. The van der Waals surface area contributed by atoms with Crippen molar-refractivity contribution in [2.45, 2.75) is 6.92 Å². The zero-order valence-corrected chi connectivity index (χ0v) is 10.1. The van der Waals surface area contributed by atoms with Crippen LogP contribution in [0.1, 0.15) is 37.4 Å². The van der Waals surface area contributed by atoms with E-state index < -0.39 is 17.3 Å². The quantitative estimate of drug-likeness (QED) is 0.603. The Morgan fingerprint density at radius 3 is 2.26 bits per heavy atom. The molecule has 0 radical (unpaired) electrons. The predicted molar refractivity (Wildman–Crippen MR) is 67.8 cm³/mol. The van der Waals surface area contributed by atoms with Gasteiger partial charge in [-0.1, -0.05) is 18.2 Å². The minimum atomic E-state index is -0.537. The van der Waals surface area contributed by atoms with E-state index in [1.165, 1.54) is 12.1 Å². The smallest absolute Gasteiger partial charge is 0.198 e. The number of fused-ring (bicyclic) bond motifs is 2. The molecule has 1 aliphatic carbocycles. The van der Waals surface area contributed by atoms with Crippen molar-refractivity contribution in [2.24, 2.45) is 0 Å². The summed E-state index contributed by atoms with van der Waals surface area (Å²) in [6, 6.07) is 7.60. The zero-order valence-electron chi connectivity index (χ0n) is 10.1. The van der Waals surface area contributed by atoms with Crippen LogP contribution in [0.25, 0.3) is 0 Å². The average molecular weight is 254 g/mol. The molecule has 0 saturated heterocycles. The summed E-state index contributed by atoms with van der Waals surface area (Å²) in [6.07, 6.45) is 0. The van der Waals surface area contributed by atoms with Crippen LogP contribution in [0.5, 0.6) is 11.5 Å². The molecule has 1 aliphatic rings. The van der Waals surface area contributed by atoms with Crippen molar-refractivity contribution in [2.75, 3.05) is 0 Å². The Hall–Kier alpha value is -2.62. The molecule has 0 fully saturated rings. The van der Waals surface area contributed by atoms with E-state index in [4.69, 9.17) is 0 Å². The molecular formula is C15H10O4. The Morgan fingerprint density at radius 2 is 1.53 bits per heavy atom. The van der Waals surface area contributed by atoms with Gasteiger partial charge in [-0.15, -0.1) is 0 Å². The predicted octanol–water partition coefficient (Wildman–Crippen LogP) is 2.18. The number of phenols is 2. The maximum atomic E-state index is 12.4. The first kappa shape index (κ1) is 11.5. The summed E-state index contributed by atoms with van der Waals surface area (Å²) in [5.41, 5.74) is 1.30. The maximum Gasteiger partial charge on any atom is 0.198 e. The van der Waals surface area contributed by atoms with Crippen LogP contribution in [-0.4, -0.2) is 21.8 Å². The summed E-state index contributed by atoms with van der Waals surface area (Å²) in [6.45, 7) is 1.73. The van der Waals surface area contributed by atoms with Crippen LogP contribution in [-0.2, 0) is 0 Å². The van der Waals surface area contributed by atoms with Crippen LogP contribution < -0.4 is 0 Å². The number of hydrogen-bond acceptors (Lipinski definition) is 4. The molecular weight excluding hydrogens is 244 g/mol. The molecule has 0 amide bonds. The lowest BCUT2D eigenvalue weighted by atomic mass is 9.81. The summed E-state index contributed by atoms with van der Waals surface area (Å²) in [5, 5.41) is 19.3. The van der Waals surface area contributed by atoms with Crippen LogP contribution in [0, 0.1) is 6.92 Å². The molecule has 2 N–H and O–H groups in total. The van der Waals surface area contributed by atoms with E-state index in [9.17, 15) is 19.8 Å². The molecule has 2 aromatic carbocycles. The zero-order chi connectivity index (χ0) is 13.7. The molecule has 94 valence electrons. The average Bonchev–Trinajstić information content (AvgIpc) is 2.39. The normalized spacial score (nSPS) is 13.1. The Morgan fingerprint density at radius 1 is 0.842 bits per heavy atom. The van der Waals surface area contributed by atoms with E-state index in [-0.39, 0.29) is 16.9 Å². The molecule has 0 atom stereocenters. The minimum Gasteiger partial charge on any atom is -0.504 e. The van der Waals surface area contributed by atoms with Crippen molar-refractivity contribution < 1.29 is 19.8 Å². The fraction of sp³-hybridized carbons (Fsp3) is 0.0667. The highest BCUT2D eigenvalue weighted by Crippen LogP contribution is 2.38. The van der Waals surface area contributed by atoms with Crippen LogP contribution in [0.4, 0.5) is 0 Å². The van der Waals surface area contributed by atoms with E-state index in [2.05, 4.69) is 0 Å². The van der Waals surface area contributed by atoms with Gasteiger partial charge in [-0.05, 0) is 24.6 Å². The number of carbonyl (C=O) groups excluding carboxylic acids is 2. The van der Waals surface area contributed by atoms with Crippen molar-refractivity contribution in [3.05, 3.63) is 58.1 Å². The van der Waals surface area contributed by atoms with Gasteiger partial charge in [0.1, 0.15) is 0 Å². The topological polar surface area (TPSA) is 74.6 Å². The molecule has 0 aliphatic heterocycles. The lowest BCUT2D eigenvalue weighted by Crippen LogP contribution is -2.22. The van der Waals surface area contributed by atoms with E-state index in [1.807, 2.05) is 0 Å². The minimum absolute atomic E-state index is 0.119. The first-order valence-corrected chi connectivity index (χ1v) is 5.76. The third-order valence-electron chi connectivity index (χ3n) is 3.37. The van der Waals surface area contributed by atoms with Crippen LogP contribution in [0.2, 0.25) is 0 Å². The van der Waals surface area contributed by atoms with Crippen LogP contribution in [0.15, 0.2) is 30.3 Å².